The Morgan fingerprint density at radius 3 is 2.70 bits per heavy atom. The maximum Gasteiger partial charge on any atom is 0.0898 e. The largest absolute Gasteiger partial charge is 0.389 e. The molecule has 20 heavy (non-hydrogen) atoms. The van der Waals surface area contributed by atoms with E-state index in [1.54, 1.807) is 0 Å². The molecule has 0 aliphatic heterocycles. The number of aliphatic hydroxyl groups excluding tert-OH is 1. The summed E-state index contributed by atoms with van der Waals surface area (Å²) in [5, 5.41) is 13.5. The molecule has 1 aliphatic rings. The lowest BCUT2D eigenvalue weighted by atomic mass is 9.72. The molecule has 1 aromatic carbocycles. The molecule has 1 fully saturated rings. The van der Waals surface area contributed by atoms with Crippen molar-refractivity contribution in [2.75, 3.05) is 13.2 Å². The molecule has 0 aromatic heterocycles. The van der Waals surface area contributed by atoms with Crippen LogP contribution in [-0.4, -0.2) is 30.5 Å². The Kier molecular flexibility index (Phi) is 5.61. The smallest absolute Gasteiger partial charge is 0.0898 e. The van der Waals surface area contributed by atoms with Crippen molar-refractivity contribution in [1.29, 1.82) is 0 Å². The summed E-state index contributed by atoms with van der Waals surface area (Å²) in [5.74, 6) is 0. The van der Waals surface area contributed by atoms with Crippen molar-refractivity contribution in [3.05, 3.63) is 34.3 Å². The van der Waals surface area contributed by atoms with E-state index in [-0.39, 0.29) is 11.6 Å². The minimum atomic E-state index is -0.456. The van der Waals surface area contributed by atoms with Crippen molar-refractivity contribution in [3.63, 3.8) is 0 Å². The number of benzene rings is 1. The maximum atomic E-state index is 9.99. The highest BCUT2D eigenvalue weighted by molar-refractivity contribution is 9.10. The van der Waals surface area contributed by atoms with Crippen molar-refractivity contribution in [1.82, 2.24) is 5.32 Å². The molecule has 0 heterocycles. The van der Waals surface area contributed by atoms with Crippen LogP contribution in [0.5, 0.6) is 0 Å². The molecular weight excluding hydrogens is 318 g/mol. The van der Waals surface area contributed by atoms with Crippen LogP contribution < -0.4 is 5.32 Å². The second kappa shape index (κ2) is 7.03. The van der Waals surface area contributed by atoms with Crippen LogP contribution >= 0.6 is 15.9 Å². The normalized spacial score (nSPS) is 18.9. The second-order valence-electron chi connectivity index (χ2n) is 5.86. The SMILES string of the molecule is CC(C)OCC(O)CNC1(c2cccc(Br)c2)CCC1. The van der Waals surface area contributed by atoms with Crippen LogP contribution in [0, 0.1) is 0 Å². The summed E-state index contributed by atoms with van der Waals surface area (Å²) in [6.07, 6.45) is 3.19. The van der Waals surface area contributed by atoms with Crippen LogP contribution in [0.4, 0.5) is 0 Å². The molecular formula is C16H24BrNO2. The Morgan fingerprint density at radius 1 is 1.40 bits per heavy atom. The summed E-state index contributed by atoms with van der Waals surface area (Å²) in [5.41, 5.74) is 1.33. The van der Waals surface area contributed by atoms with E-state index in [9.17, 15) is 5.11 Å². The third-order valence-electron chi connectivity index (χ3n) is 3.88. The van der Waals surface area contributed by atoms with Gasteiger partial charge in [0.05, 0.1) is 18.8 Å². The first kappa shape index (κ1) is 16.0. The molecule has 0 spiro atoms. The van der Waals surface area contributed by atoms with Crippen LogP contribution in [0.15, 0.2) is 28.7 Å². The van der Waals surface area contributed by atoms with Crippen LogP contribution in [0.3, 0.4) is 0 Å². The first-order chi connectivity index (χ1) is 9.52. The van der Waals surface area contributed by atoms with Crippen LogP contribution in [0.1, 0.15) is 38.7 Å². The van der Waals surface area contributed by atoms with Gasteiger partial charge in [-0.25, -0.2) is 0 Å². The van der Waals surface area contributed by atoms with Crippen molar-refractivity contribution >= 4 is 15.9 Å². The van der Waals surface area contributed by atoms with Crippen LogP contribution in [0.25, 0.3) is 0 Å². The highest BCUT2D eigenvalue weighted by atomic mass is 79.9. The molecule has 3 nitrogen and oxygen atoms in total. The maximum absolute atomic E-state index is 9.99. The second-order valence-corrected chi connectivity index (χ2v) is 6.78. The minimum absolute atomic E-state index is 0.0303. The third-order valence-corrected chi connectivity index (χ3v) is 4.38. The van der Waals surface area contributed by atoms with Gasteiger partial charge in [-0.2, -0.15) is 0 Å². The molecule has 1 aromatic rings. The Hall–Kier alpha value is -0.420. The van der Waals surface area contributed by atoms with E-state index in [0.29, 0.717) is 13.2 Å². The van der Waals surface area contributed by atoms with Gasteiger partial charge in [0.25, 0.3) is 0 Å². The molecule has 2 N–H and O–H groups in total. The van der Waals surface area contributed by atoms with Crippen molar-refractivity contribution in [2.45, 2.75) is 50.9 Å². The average Bonchev–Trinajstić information content (AvgIpc) is 2.35. The molecule has 0 bridgehead atoms. The number of rotatable bonds is 7. The van der Waals surface area contributed by atoms with Gasteiger partial charge in [0.1, 0.15) is 0 Å². The molecule has 1 atom stereocenters. The number of ether oxygens (including phenoxy) is 1. The monoisotopic (exact) mass is 341 g/mol. The summed E-state index contributed by atoms with van der Waals surface area (Å²) in [6.45, 7) is 4.92. The van der Waals surface area contributed by atoms with Gasteiger partial charge in [0.2, 0.25) is 0 Å². The zero-order valence-electron chi connectivity index (χ0n) is 12.2. The van der Waals surface area contributed by atoms with E-state index < -0.39 is 6.10 Å². The van der Waals surface area contributed by atoms with E-state index in [1.165, 1.54) is 12.0 Å². The van der Waals surface area contributed by atoms with Gasteiger partial charge < -0.3 is 15.2 Å². The molecule has 1 aliphatic carbocycles. The summed E-state index contributed by atoms with van der Waals surface area (Å²) < 4.78 is 6.55. The lowest BCUT2D eigenvalue weighted by molar-refractivity contribution is 0.000150. The Bertz CT molecular complexity index is 432. The predicted octanol–water partition coefficient (Wildman–Crippen LogP) is 3.20. The molecule has 4 heteroatoms. The molecule has 1 saturated carbocycles. The van der Waals surface area contributed by atoms with Crippen molar-refractivity contribution in [3.8, 4) is 0 Å². The van der Waals surface area contributed by atoms with Crippen LogP contribution in [0.2, 0.25) is 0 Å². The highest BCUT2D eigenvalue weighted by Crippen LogP contribution is 2.41. The summed E-state index contributed by atoms with van der Waals surface area (Å²) in [6, 6.07) is 8.44. The lowest BCUT2D eigenvalue weighted by Crippen LogP contribution is -2.51. The van der Waals surface area contributed by atoms with Gasteiger partial charge in [-0.05, 0) is 50.8 Å². The fraction of sp³-hybridized carbons (Fsp3) is 0.625. The number of hydrogen-bond donors (Lipinski definition) is 2. The molecule has 112 valence electrons. The van der Waals surface area contributed by atoms with E-state index in [2.05, 4.69) is 39.4 Å². The molecule has 0 amide bonds. The number of hydrogen-bond acceptors (Lipinski definition) is 3. The first-order valence-electron chi connectivity index (χ1n) is 7.32. The molecule has 2 rings (SSSR count). The number of nitrogens with one attached hydrogen (secondary N) is 1. The Balaban J connectivity index is 1.92. The number of halogens is 1. The van der Waals surface area contributed by atoms with E-state index in [1.807, 2.05) is 19.9 Å². The third kappa shape index (κ3) is 4.04. The molecule has 0 saturated heterocycles. The zero-order chi connectivity index (χ0) is 14.6. The summed E-state index contributed by atoms with van der Waals surface area (Å²) >= 11 is 3.53. The summed E-state index contributed by atoms with van der Waals surface area (Å²) in [4.78, 5) is 0. The van der Waals surface area contributed by atoms with Gasteiger partial charge in [-0.3, -0.25) is 0 Å². The lowest BCUT2D eigenvalue weighted by Gasteiger charge is -2.44. The topological polar surface area (TPSA) is 41.5 Å². The van der Waals surface area contributed by atoms with E-state index in [0.717, 1.165) is 17.3 Å². The predicted molar refractivity (Wildman–Crippen MR) is 84.8 cm³/mol. The van der Waals surface area contributed by atoms with Gasteiger partial charge in [-0.15, -0.1) is 0 Å². The highest BCUT2D eigenvalue weighted by Gasteiger charge is 2.38. The minimum Gasteiger partial charge on any atom is -0.389 e. The number of aliphatic hydroxyl groups is 1. The van der Waals surface area contributed by atoms with Crippen molar-refractivity contribution in [2.24, 2.45) is 0 Å². The molecule has 0 radical (unpaired) electrons. The fourth-order valence-corrected chi connectivity index (χ4v) is 2.96. The van der Waals surface area contributed by atoms with Crippen molar-refractivity contribution < 1.29 is 9.84 Å². The molecule has 1 unspecified atom stereocenters. The van der Waals surface area contributed by atoms with E-state index in [4.69, 9.17) is 4.74 Å². The average molecular weight is 342 g/mol. The fourth-order valence-electron chi connectivity index (χ4n) is 2.56. The Morgan fingerprint density at radius 2 is 2.15 bits per heavy atom. The van der Waals surface area contributed by atoms with Gasteiger partial charge >= 0.3 is 0 Å². The van der Waals surface area contributed by atoms with Gasteiger partial charge in [0.15, 0.2) is 0 Å². The summed E-state index contributed by atoms with van der Waals surface area (Å²) in [7, 11) is 0. The first-order valence-corrected chi connectivity index (χ1v) is 8.12. The quantitative estimate of drug-likeness (QED) is 0.800. The van der Waals surface area contributed by atoms with Gasteiger partial charge in [-0.1, -0.05) is 28.1 Å². The van der Waals surface area contributed by atoms with Crippen LogP contribution in [-0.2, 0) is 10.3 Å². The van der Waals surface area contributed by atoms with Gasteiger partial charge in [0, 0.05) is 16.6 Å². The standard InChI is InChI=1S/C16H24BrNO2/c1-12(2)20-11-15(19)10-18-16(7-4-8-16)13-5-3-6-14(17)9-13/h3,5-6,9,12,15,18-19H,4,7-8,10-11H2,1-2H3. The van der Waals surface area contributed by atoms with E-state index >= 15 is 0 Å². The zero-order valence-corrected chi connectivity index (χ0v) is 13.8. The Labute approximate surface area is 129 Å².